The van der Waals surface area contributed by atoms with Crippen molar-refractivity contribution in [2.75, 3.05) is 6.61 Å². The highest BCUT2D eigenvalue weighted by molar-refractivity contribution is 5.67. The molecule has 3 heterocycles. The van der Waals surface area contributed by atoms with Gasteiger partial charge in [0.05, 0.1) is 12.9 Å². The van der Waals surface area contributed by atoms with Crippen LogP contribution in [0.15, 0.2) is 11.1 Å². The van der Waals surface area contributed by atoms with Crippen LogP contribution in [0.2, 0.25) is 0 Å². The molecule has 0 radical (unpaired) electrons. The summed E-state index contributed by atoms with van der Waals surface area (Å²) in [5.41, 5.74) is -0.522. The van der Waals surface area contributed by atoms with Gasteiger partial charge in [0, 0.05) is 0 Å². The average molecular weight is 271 g/mol. The Morgan fingerprint density at radius 1 is 1.58 bits per heavy atom. The molecule has 1 fully saturated rings. The molecule has 10 heteroatoms. The Hall–Kier alpha value is -1.91. The summed E-state index contributed by atoms with van der Waals surface area (Å²) in [4.78, 5) is 17.6. The first-order valence-electron chi connectivity index (χ1n) is 5.50. The van der Waals surface area contributed by atoms with Gasteiger partial charge in [0.1, 0.15) is 12.2 Å². The molecule has 9 nitrogen and oxygen atoms in total. The normalized spacial score (nSPS) is 31.1. The number of rotatable bonds is 2. The van der Waals surface area contributed by atoms with E-state index in [9.17, 15) is 14.3 Å². The van der Waals surface area contributed by atoms with Gasteiger partial charge in [-0.25, -0.2) is 9.37 Å². The van der Waals surface area contributed by atoms with Crippen LogP contribution in [0.25, 0.3) is 11.2 Å². The van der Waals surface area contributed by atoms with Crippen molar-refractivity contribution in [1.29, 1.82) is 0 Å². The van der Waals surface area contributed by atoms with Crippen LogP contribution in [-0.4, -0.2) is 60.2 Å². The molecular formula is C9H10FN5O4. The van der Waals surface area contributed by atoms with Gasteiger partial charge in [-0.05, 0) is 0 Å². The second-order valence-corrected chi connectivity index (χ2v) is 4.12. The van der Waals surface area contributed by atoms with Crippen molar-refractivity contribution in [3.8, 4) is 0 Å². The van der Waals surface area contributed by atoms with E-state index in [4.69, 9.17) is 9.84 Å². The van der Waals surface area contributed by atoms with Crippen molar-refractivity contribution >= 4 is 11.2 Å². The van der Waals surface area contributed by atoms with Crippen LogP contribution < -0.4 is 5.56 Å². The minimum Gasteiger partial charge on any atom is -0.394 e. The van der Waals surface area contributed by atoms with Gasteiger partial charge >= 0.3 is 0 Å². The summed E-state index contributed by atoms with van der Waals surface area (Å²) in [6.07, 6.45) is -4.49. The zero-order valence-electron chi connectivity index (χ0n) is 9.47. The number of aromatic nitrogens is 5. The molecule has 2 aromatic rings. The number of fused-ring (bicyclic) bond motifs is 1. The minimum absolute atomic E-state index is 0.0437. The monoisotopic (exact) mass is 271 g/mol. The number of aromatic amines is 1. The van der Waals surface area contributed by atoms with Crippen LogP contribution >= 0.6 is 0 Å². The molecule has 0 aromatic carbocycles. The fourth-order valence-electron chi connectivity index (χ4n) is 2.00. The number of aliphatic hydroxyl groups is 2. The number of hydrogen-bond donors (Lipinski definition) is 3. The molecule has 0 amide bonds. The second-order valence-electron chi connectivity index (χ2n) is 4.12. The zero-order valence-corrected chi connectivity index (χ0v) is 9.47. The lowest BCUT2D eigenvalue weighted by atomic mass is 10.1. The van der Waals surface area contributed by atoms with Gasteiger partial charge in [0.15, 0.2) is 23.6 Å². The predicted molar refractivity (Wildman–Crippen MR) is 57.8 cm³/mol. The van der Waals surface area contributed by atoms with Crippen molar-refractivity contribution in [3.63, 3.8) is 0 Å². The molecule has 19 heavy (non-hydrogen) atoms. The van der Waals surface area contributed by atoms with E-state index in [-0.39, 0.29) is 11.2 Å². The highest BCUT2D eigenvalue weighted by atomic mass is 19.1. The van der Waals surface area contributed by atoms with Crippen LogP contribution in [0.4, 0.5) is 4.39 Å². The highest BCUT2D eigenvalue weighted by Crippen LogP contribution is 2.32. The Morgan fingerprint density at radius 3 is 3.05 bits per heavy atom. The molecule has 1 saturated heterocycles. The highest BCUT2D eigenvalue weighted by Gasteiger charge is 2.46. The zero-order chi connectivity index (χ0) is 13.6. The first kappa shape index (κ1) is 12.1. The van der Waals surface area contributed by atoms with E-state index in [0.29, 0.717) is 0 Å². The van der Waals surface area contributed by atoms with Gasteiger partial charge in [0.2, 0.25) is 0 Å². The van der Waals surface area contributed by atoms with Crippen LogP contribution in [-0.2, 0) is 4.74 Å². The Bertz CT molecular complexity index is 657. The smallest absolute Gasteiger partial charge is 0.280 e. The van der Waals surface area contributed by atoms with Crippen LogP contribution in [0.5, 0.6) is 0 Å². The summed E-state index contributed by atoms with van der Waals surface area (Å²) in [5, 5.41) is 25.7. The molecule has 0 aliphatic carbocycles. The maximum atomic E-state index is 13.9. The number of halogens is 1. The fraction of sp³-hybridized carbons (Fsp3) is 0.556. The topological polar surface area (TPSA) is 126 Å². The maximum Gasteiger partial charge on any atom is 0.280 e. The lowest BCUT2D eigenvalue weighted by Gasteiger charge is -2.12. The quantitative estimate of drug-likeness (QED) is 0.582. The number of alkyl halides is 1. The van der Waals surface area contributed by atoms with E-state index < -0.39 is 36.8 Å². The number of ether oxygens (including phenoxy) is 1. The molecular weight excluding hydrogens is 261 g/mol. The van der Waals surface area contributed by atoms with Crippen molar-refractivity contribution < 1.29 is 19.3 Å². The van der Waals surface area contributed by atoms with E-state index in [1.54, 1.807) is 0 Å². The van der Waals surface area contributed by atoms with Crippen molar-refractivity contribution in [2.24, 2.45) is 0 Å². The lowest BCUT2D eigenvalue weighted by molar-refractivity contribution is -0.0512. The molecule has 0 bridgehead atoms. The van der Waals surface area contributed by atoms with Gasteiger partial charge in [-0.15, -0.1) is 5.10 Å². The van der Waals surface area contributed by atoms with Crippen LogP contribution in [0, 0.1) is 0 Å². The van der Waals surface area contributed by atoms with Crippen molar-refractivity contribution in [1.82, 2.24) is 25.0 Å². The number of nitrogens with zero attached hydrogens (tertiary/aromatic N) is 4. The first-order valence-corrected chi connectivity index (χ1v) is 5.50. The Labute approximate surface area is 104 Å². The molecule has 3 rings (SSSR count). The van der Waals surface area contributed by atoms with E-state index in [2.05, 4.69) is 20.3 Å². The van der Waals surface area contributed by atoms with E-state index in [1.165, 1.54) is 0 Å². The Morgan fingerprint density at radius 2 is 2.37 bits per heavy atom. The van der Waals surface area contributed by atoms with Gasteiger partial charge in [-0.3, -0.25) is 4.79 Å². The van der Waals surface area contributed by atoms with E-state index >= 15 is 0 Å². The molecule has 0 saturated carbocycles. The predicted octanol–water partition coefficient (Wildman–Crippen LogP) is -1.90. The SMILES string of the molecule is O=c1[nH]cnc2c1nnn2[C@@H]1O[C@H](CO)[C@@H](O)[C@@H]1F. The van der Waals surface area contributed by atoms with E-state index in [0.717, 1.165) is 11.0 Å². The van der Waals surface area contributed by atoms with Gasteiger partial charge in [-0.2, -0.15) is 4.68 Å². The summed E-state index contributed by atoms with van der Waals surface area (Å²) in [6.45, 7) is -0.529. The fourth-order valence-corrected chi connectivity index (χ4v) is 2.00. The molecule has 1 aliphatic heterocycles. The standard InChI is InChI=1S/C9H10FN5O4/c10-4-6(17)3(1-16)19-9(4)15-7-5(13-14-15)8(18)12-2-11-7/h2-4,6,9,16-17H,1H2,(H,11,12,18)/t3-,4+,6-,9-/m1/s1. The van der Waals surface area contributed by atoms with Crippen molar-refractivity contribution in [3.05, 3.63) is 16.7 Å². The minimum atomic E-state index is -1.80. The second kappa shape index (κ2) is 4.33. The summed E-state index contributed by atoms with van der Waals surface area (Å²) in [7, 11) is 0. The largest absolute Gasteiger partial charge is 0.394 e. The summed E-state index contributed by atoms with van der Waals surface area (Å²) in [6, 6.07) is 0. The third kappa shape index (κ3) is 1.72. The molecule has 1 aliphatic rings. The van der Waals surface area contributed by atoms with Gasteiger partial charge in [0.25, 0.3) is 5.56 Å². The maximum absolute atomic E-state index is 13.9. The third-order valence-electron chi connectivity index (χ3n) is 2.98. The Balaban J connectivity index is 2.06. The number of nitrogens with one attached hydrogen (secondary N) is 1. The molecule has 3 N–H and O–H groups in total. The van der Waals surface area contributed by atoms with Crippen molar-refractivity contribution in [2.45, 2.75) is 24.6 Å². The van der Waals surface area contributed by atoms with E-state index in [1.807, 2.05) is 0 Å². The average Bonchev–Trinajstić information content (AvgIpc) is 2.94. The number of hydrogen-bond acceptors (Lipinski definition) is 7. The molecule has 4 atom stereocenters. The third-order valence-corrected chi connectivity index (χ3v) is 2.98. The lowest BCUT2D eigenvalue weighted by Crippen LogP contribution is -2.30. The molecule has 0 spiro atoms. The molecule has 102 valence electrons. The molecule has 2 aromatic heterocycles. The number of aliphatic hydroxyl groups excluding tert-OH is 2. The summed E-state index contributed by atoms with van der Waals surface area (Å²) >= 11 is 0. The first-order chi connectivity index (χ1) is 9.13. The van der Waals surface area contributed by atoms with Crippen LogP contribution in [0.3, 0.4) is 0 Å². The number of H-pyrrole nitrogens is 1. The Kier molecular flexibility index (Phi) is 2.77. The summed E-state index contributed by atoms with van der Waals surface area (Å²) in [5.74, 6) is 0. The summed E-state index contributed by atoms with van der Waals surface area (Å²) < 4.78 is 20.1. The van der Waals surface area contributed by atoms with Gasteiger partial charge < -0.3 is 19.9 Å². The van der Waals surface area contributed by atoms with Gasteiger partial charge in [-0.1, -0.05) is 5.21 Å². The van der Waals surface area contributed by atoms with Crippen LogP contribution in [0.1, 0.15) is 6.23 Å². The molecule has 0 unspecified atom stereocenters.